The minimum Gasteiger partial charge on any atom is -0.375 e. The van der Waals surface area contributed by atoms with E-state index in [9.17, 15) is 13.2 Å². The van der Waals surface area contributed by atoms with Gasteiger partial charge >= 0.3 is 0 Å². The van der Waals surface area contributed by atoms with Gasteiger partial charge in [0.2, 0.25) is 0 Å². The molecular weight excluding hydrogens is 314 g/mol. The van der Waals surface area contributed by atoms with Crippen LogP contribution in [0.25, 0.3) is 0 Å². The van der Waals surface area contributed by atoms with E-state index in [0.29, 0.717) is 18.9 Å². The maximum atomic E-state index is 12.4. The van der Waals surface area contributed by atoms with Crippen LogP contribution >= 0.6 is 11.6 Å². The lowest BCUT2D eigenvalue weighted by Crippen LogP contribution is -2.33. The lowest BCUT2D eigenvalue weighted by molar-refractivity contribution is 0.262. The average Bonchev–Trinajstić information content (AvgIpc) is 2.71. The highest BCUT2D eigenvalue weighted by molar-refractivity contribution is 7.91. The van der Waals surface area contributed by atoms with Crippen molar-refractivity contribution in [2.75, 3.05) is 16.8 Å². The minimum atomic E-state index is -3.00. The Kier molecular flexibility index (Phi) is 3.96. The first-order valence-corrected chi connectivity index (χ1v) is 9.37. The van der Waals surface area contributed by atoms with E-state index in [0.717, 1.165) is 12.8 Å². The molecule has 116 valence electrons. The fourth-order valence-electron chi connectivity index (χ4n) is 2.76. The summed E-state index contributed by atoms with van der Waals surface area (Å²) < 4.78 is 24.4. The van der Waals surface area contributed by atoms with Crippen molar-refractivity contribution in [3.8, 4) is 0 Å². The molecule has 0 amide bonds. The summed E-state index contributed by atoms with van der Waals surface area (Å²) in [5.74, 6) is 0.716. The number of aromatic nitrogens is 2. The second-order valence-electron chi connectivity index (χ2n) is 5.90. The number of rotatable bonds is 4. The molecule has 1 unspecified atom stereocenters. The van der Waals surface area contributed by atoms with E-state index < -0.39 is 9.84 Å². The van der Waals surface area contributed by atoms with Crippen LogP contribution < -0.4 is 10.9 Å². The number of nitrogens with zero attached hydrogens (tertiary/aromatic N) is 2. The Bertz CT molecular complexity index is 697. The monoisotopic (exact) mass is 331 g/mol. The van der Waals surface area contributed by atoms with Crippen LogP contribution in [0.15, 0.2) is 11.0 Å². The van der Waals surface area contributed by atoms with E-state index in [2.05, 4.69) is 10.4 Å². The van der Waals surface area contributed by atoms with Crippen LogP contribution in [0.3, 0.4) is 0 Å². The highest BCUT2D eigenvalue weighted by Crippen LogP contribution is 2.27. The molecule has 3 rings (SSSR count). The maximum absolute atomic E-state index is 12.4. The van der Waals surface area contributed by atoms with E-state index in [1.165, 1.54) is 17.3 Å². The second kappa shape index (κ2) is 5.61. The lowest BCUT2D eigenvalue weighted by atomic mass is 9.85. The molecule has 0 aromatic carbocycles. The van der Waals surface area contributed by atoms with Crippen LogP contribution in [0.4, 0.5) is 5.69 Å². The molecular formula is C13H18ClN3O3S. The van der Waals surface area contributed by atoms with Gasteiger partial charge in [0.25, 0.3) is 5.56 Å². The van der Waals surface area contributed by atoms with Crippen LogP contribution in [0, 0.1) is 5.92 Å². The summed E-state index contributed by atoms with van der Waals surface area (Å²) in [5, 5.41) is 7.32. The van der Waals surface area contributed by atoms with E-state index in [1.54, 1.807) is 0 Å². The predicted octanol–water partition coefficient (Wildman–Crippen LogP) is 1.30. The third kappa shape index (κ3) is 3.23. The van der Waals surface area contributed by atoms with Gasteiger partial charge < -0.3 is 5.32 Å². The van der Waals surface area contributed by atoms with Gasteiger partial charge in [0.1, 0.15) is 5.69 Å². The fraction of sp³-hybridized carbons (Fsp3) is 0.692. The van der Waals surface area contributed by atoms with Crippen LogP contribution in [0.1, 0.15) is 25.7 Å². The van der Waals surface area contributed by atoms with Crippen molar-refractivity contribution >= 4 is 27.1 Å². The van der Waals surface area contributed by atoms with Gasteiger partial charge in [0, 0.05) is 12.6 Å². The normalized spacial score (nSPS) is 24.7. The molecule has 1 aromatic heterocycles. The summed E-state index contributed by atoms with van der Waals surface area (Å²) in [6.07, 6.45) is 5.41. The van der Waals surface area contributed by atoms with Crippen LogP contribution in [0.2, 0.25) is 5.02 Å². The Hall–Kier alpha value is -1.08. The Balaban J connectivity index is 1.80. The van der Waals surface area contributed by atoms with Gasteiger partial charge in [-0.05, 0) is 25.2 Å². The van der Waals surface area contributed by atoms with Crippen LogP contribution in [-0.2, 0) is 16.4 Å². The molecule has 21 heavy (non-hydrogen) atoms. The summed E-state index contributed by atoms with van der Waals surface area (Å²) >= 11 is 6.05. The molecule has 0 spiro atoms. The molecule has 2 fully saturated rings. The molecule has 1 saturated carbocycles. The topological polar surface area (TPSA) is 81.1 Å². The van der Waals surface area contributed by atoms with Crippen molar-refractivity contribution in [2.24, 2.45) is 5.92 Å². The first-order chi connectivity index (χ1) is 9.94. The summed E-state index contributed by atoms with van der Waals surface area (Å²) in [5.41, 5.74) is 0.00629. The number of halogens is 1. The molecule has 1 aliphatic carbocycles. The smallest absolute Gasteiger partial charge is 0.291 e. The highest BCUT2D eigenvalue weighted by atomic mass is 35.5. The molecule has 0 radical (unpaired) electrons. The lowest BCUT2D eigenvalue weighted by Gasteiger charge is -2.25. The molecule has 8 heteroatoms. The van der Waals surface area contributed by atoms with Gasteiger partial charge in [-0.15, -0.1) is 0 Å². The Morgan fingerprint density at radius 1 is 1.38 bits per heavy atom. The largest absolute Gasteiger partial charge is 0.375 e. The predicted molar refractivity (Wildman–Crippen MR) is 81.5 cm³/mol. The van der Waals surface area contributed by atoms with Gasteiger partial charge in [-0.25, -0.2) is 13.1 Å². The first kappa shape index (κ1) is 14.8. The zero-order valence-corrected chi connectivity index (χ0v) is 13.2. The van der Waals surface area contributed by atoms with Crippen molar-refractivity contribution in [2.45, 2.75) is 38.3 Å². The van der Waals surface area contributed by atoms with E-state index in [1.807, 2.05) is 0 Å². The molecule has 1 aliphatic heterocycles. The molecule has 6 nitrogen and oxygen atoms in total. The number of anilines is 1. The minimum absolute atomic E-state index is 0.0493. The number of hydrogen-bond donors (Lipinski definition) is 1. The van der Waals surface area contributed by atoms with Crippen molar-refractivity contribution in [1.29, 1.82) is 0 Å². The standard InChI is InChI=1S/C13H18ClN3O3S/c14-11-6-15-17(7-9-2-1-3-9)13(18)12(11)16-10-4-5-21(19,20)8-10/h6,9-10,16H,1-5,7-8H2. The van der Waals surface area contributed by atoms with Crippen LogP contribution in [-0.4, -0.2) is 35.7 Å². The Labute approximate surface area is 128 Å². The average molecular weight is 332 g/mol. The summed E-state index contributed by atoms with van der Waals surface area (Å²) in [4.78, 5) is 12.4. The third-order valence-corrected chi connectivity index (χ3v) is 6.29. The second-order valence-corrected chi connectivity index (χ2v) is 8.53. The zero-order valence-electron chi connectivity index (χ0n) is 11.6. The summed E-state index contributed by atoms with van der Waals surface area (Å²) in [6, 6.07) is -0.250. The number of hydrogen-bond acceptors (Lipinski definition) is 5. The van der Waals surface area contributed by atoms with Crippen molar-refractivity contribution in [3.05, 3.63) is 21.6 Å². The van der Waals surface area contributed by atoms with Crippen molar-refractivity contribution < 1.29 is 8.42 Å². The summed E-state index contributed by atoms with van der Waals surface area (Å²) in [6.45, 7) is 0.605. The SMILES string of the molecule is O=c1c(NC2CCS(=O)(=O)C2)c(Cl)cnn1CC1CCC1. The quantitative estimate of drug-likeness (QED) is 0.899. The first-order valence-electron chi connectivity index (χ1n) is 7.17. The molecule has 1 saturated heterocycles. The number of nitrogens with one attached hydrogen (secondary N) is 1. The van der Waals surface area contributed by atoms with Crippen LogP contribution in [0.5, 0.6) is 0 Å². The maximum Gasteiger partial charge on any atom is 0.291 e. The van der Waals surface area contributed by atoms with Gasteiger partial charge in [0.05, 0.1) is 22.7 Å². The molecule has 1 atom stereocenters. The van der Waals surface area contributed by atoms with E-state index >= 15 is 0 Å². The highest BCUT2D eigenvalue weighted by Gasteiger charge is 2.29. The molecule has 1 N–H and O–H groups in total. The van der Waals surface area contributed by atoms with Crippen molar-refractivity contribution in [3.63, 3.8) is 0 Å². The fourth-order valence-corrected chi connectivity index (χ4v) is 4.61. The Morgan fingerprint density at radius 2 is 2.14 bits per heavy atom. The van der Waals surface area contributed by atoms with Gasteiger partial charge in [-0.2, -0.15) is 5.10 Å². The Morgan fingerprint density at radius 3 is 2.71 bits per heavy atom. The third-order valence-electron chi connectivity index (χ3n) is 4.23. The molecule has 1 aromatic rings. The number of sulfone groups is 1. The summed E-state index contributed by atoms with van der Waals surface area (Å²) in [7, 11) is -3.00. The zero-order chi connectivity index (χ0) is 15.0. The van der Waals surface area contributed by atoms with Gasteiger partial charge in [-0.3, -0.25) is 4.79 Å². The van der Waals surface area contributed by atoms with Gasteiger partial charge in [-0.1, -0.05) is 18.0 Å². The van der Waals surface area contributed by atoms with Crippen molar-refractivity contribution in [1.82, 2.24) is 9.78 Å². The van der Waals surface area contributed by atoms with E-state index in [4.69, 9.17) is 11.6 Å². The molecule has 2 aliphatic rings. The molecule has 0 bridgehead atoms. The van der Waals surface area contributed by atoms with Gasteiger partial charge in [0.15, 0.2) is 9.84 Å². The molecule has 2 heterocycles. The van der Waals surface area contributed by atoms with E-state index in [-0.39, 0.29) is 33.8 Å².